The van der Waals surface area contributed by atoms with Gasteiger partial charge in [-0.15, -0.1) is 0 Å². The number of likely N-dealkylation sites (N-methyl/N-ethyl adjacent to an activating group) is 1. The van der Waals surface area contributed by atoms with E-state index in [-0.39, 0.29) is 6.04 Å². The van der Waals surface area contributed by atoms with E-state index >= 15 is 0 Å². The van der Waals surface area contributed by atoms with Crippen LogP contribution in [-0.4, -0.2) is 35.3 Å². The molecule has 0 aliphatic heterocycles. The molecule has 2 heterocycles. The summed E-state index contributed by atoms with van der Waals surface area (Å²) in [7, 11) is 4.06. The zero-order valence-electron chi connectivity index (χ0n) is 10.5. The topological polar surface area (TPSA) is 47.1 Å². The average molecular weight is 285 g/mol. The first-order chi connectivity index (χ1) is 8.59. The molecule has 2 rings (SSSR count). The number of nitrogens with two attached hydrogens (primary N) is 1. The first-order valence-corrected chi connectivity index (χ1v) is 7.05. The van der Waals surface area contributed by atoms with Crippen molar-refractivity contribution in [2.75, 3.05) is 20.6 Å². The van der Waals surface area contributed by atoms with Gasteiger partial charge in [-0.1, -0.05) is 11.6 Å². The van der Waals surface area contributed by atoms with Crippen LogP contribution in [0.2, 0.25) is 5.02 Å². The predicted octanol–water partition coefficient (Wildman–Crippen LogP) is 2.21. The fraction of sp³-hybridized carbons (Fsp3) is 0.417. The highest BCUT2D eigenvalue weighted by Gasteiger charge is 2.18. The molecule has 6 heteroatoms. The average Bonchev–Trinajstić information content (AvgIpc) is 2.94. The minimum Gasteiger partial charge on any atom is -0.319 e. The Labute approximate surface area is 116 Å². The molecule has 0 saturated heterocycles. The molecule has 2 aromatic heterocycles. The van der Waals surface area contributed by atoms with Crippen LogP contribution in [0.1, 0.15) is 17.3 Å². The van der Waals surface area contributed by atoms with E-state index in [0.29, 0.717) is 5.02 Å². The van der Waals surface area contributed by atoms with Crippen LogP contribution in [0.25, 0.3) is 0 Å². The molecule has 18 heavy (non-hydrogen) atoms. The number of thiophene rings is 1. The van der Waals surface area contributed by atoms with Crippen LogP contribution >= 0.6 is 22.9 Å². The lowest BCUT2D eigenvalue weighted by molar-refractivity contribution is 0.368. The molecule has 0 fully saturated rings. The maximum absolute atomic E-state index is 6.26. The van der Waals surface area contributed by atoms with Crippen LogP contribution in [0.5, 0.6) is 0 Å². The maximum Gasteiger partial charge on any atom is 0.0837 e. The lowest BCUT2D eigenvalue weighted by Crippen LogP contribution is -2.23. The maximum atomic E-state index is 6.26. The quantitative estimate of drug-likeness (QED) is 0.916. The Morgan fingerprint density at radius 3 is 2.94 bits per heavy atom. The van der Waals surface area contributed by atoms with Gasteiger partial charge in [0.1, 0.15) is 0 Å². The zero-order valence-corrected chi connectivity index (χ0v) is 12.1. The highest BCUT2D eigenvalue weighted by atomic mass is 35.5. The second-order valence-electron chi connectivity index (χ2n) is 4.44. The van der Waals surface area contributed by atoms with Crippen molar-refractivity contribution in [2.45, 2.75) is 12.6 Å². The van der Waals surface area contributed by atoms with E-state index in [1.807, 2.05) is 35.6 Å². The molecule has 1 atom stereocenters. The monoisotopic (exact) mass is 284 g/mol. The molecule has 0 bridgehead atoms. The third-order valence-electron chi connectivity index (χ3n) is 2.79. The molecule has 2 aromatic rings. The summed E-state index contributed by atoms with van der Waals surface area (Å²) >= 11 is 7.83. The molecular weight excluding hydrogens is 268 g/mol. The molecule has 0 aliphatic rings. The Bertz CT molecular complexity index is 492. The van der Waals surface area contributed by atoms with Crippen LogP contribution in [0.15, 0.2) is 23.0 Å². The van der Waals surface area contributed by atoms with E-state index < -0.39 is 0 Å². The van der Waals surface area contributed by atoms with E-state index in [1.165, 1.54) is 0 Å². The molecule has 0 radical (unpaired) electrons. The van der Waals surface area contributed by atoms with Crippen molar-refractivity contribution in [3.63, 3.8) is 0 Å². The number of nitrogens with zero attached hydrogens (tertiary/aromatic N) is 3. The van der Waals surface area contributed by atoms with Gasteiger partial charge in [-0.2, -0.15) is 16.4 Å². The van der Waals surface area contributed by atoms with Crippen molar-refractivity contribution in [1.29, 1.82) is 0 Å². The molecule has 0 saturated carbocycles. The van der Waals surface area contributed by atoms with Crippen molar-refractivity contribution >= 4 is 22.9 Å². The van der Waals surface area contributed by atoms with Gasteiger partial charge in [-0.3, -0.25) is 4.68 Å². The summed E-state index contributed by atoms with van der Waals surface area (Å²) < 4.78 is 1.89. The SMILES string of the molecule is CN(C)CCn1ncc(Cl)c1C(N)c1ccsc1. The minimum absolute atomic E-state index is 0.214. The summed E-state index contributed by atoms with van der Waals surface area (Å²) in [5.41, 5.74) is 8.22. The Hall–Kier alpha value is -0.880. The number of aromatic nitrogens is 2. The lowest BCUT2D eigenvalue weighted by Gasteiger charge is -2.16. The first kappa shape index (κ1) is 13.5. The van der Waals surface area contributed by atoms with Gasteiger partial charge < -0.3 is 10.6 Å². The molecule has 1 unspecified atom stereocenters. The Morgan fingerprint density at radius 1 is 1.56 bits per heavy atom. The summed E-state index contributed by atoms with van der Waals surface area (Å²) in [6.45, 7) is 1.69. The molecule has 0 spiro atoms. The van der Waals surface area contributed by atoms with Crippen molar-refractivity contribution < 1.29 is 0 Å². The largest absolute Gasteiger partial charge is 0.319 e. The summed E-state index contributed by atoms with van der Waals surface area (Å²) in [5, 5.41) is 9.00. The van der Waals surface area contributed by atoms with E-state index in [0.717, 1.165) is 24.3 Å². The van der Waals surface area contributed by atoms with Crippen LogP contribution in [-0.2, 0) is 6.54 Å². The van der Waals surface area contributed by atoms with Crippen LogP contribution in [0.3, 0.4) is 0 Å². The fourth-order valence-corrected chi connectivity index (χ4v) is 2.72. The third-order valence-corrected chi connectivity index (χ3v) is 3.78. The van der Waals surface area contributed by atoms with E-state index in [2.05, 4.69) is 10.00 Å². The Morgan fingerprint density at radius 2 is 2.33 bits per heavy atom. The van der Waals surface area contributed by atoms with Gasteiger partial charge in [-0.25, -0.2) is 0 Å². The summed E-state index contributed by atoms with van der Waals surface area (Å²) in [5.74, 6) is 0. The van der Waals surface area contributed by atoms with Gasteiger partial charge >= 0.3 is 0 Å². The van der Waals surface area contributed by atoms with Gasteiger partial charge in [0.05, 0.1) is 29.5 Å². The zero-order chi connectivity index (χ0) is 13.1. The van der Waals surface area contributed by atoms with E-state index in [9.17, 15) is 0 Å². The smallest absolute Gasteiger partial charge is 0.0837 e. The summed E-state index contributed by atoms with van der Waals surface area (Å²) in [4.78, 5) is 2.11. The lowest BCUT2D eigenvalue weighted by atomic mass is 10.1. The van der Waals surface area contributed by atoms with Crippen LogP contribution in [0, 0.1) is 0 Å². The molecular formula is C12H17ClN4S. The van der Waals surface area contributed by atoms with Crippen molar-refractivity contribution in [3.8, 4) is 0 Å². The molecule has 4 nitrogen and oxygen atoms in total. The number of rotatable bonds is 5. The molecule has 0 aromatic carbocycles. The molecule has 2 N–H and O–H groups in total. The molecule has 0 aliphatic carbocycles. The van der Waals surface area contributed by atoms with Crippen LogP contribution in [0.4, 0.5) is 0 Å². The molecule has 98 valence electrons. The van der Waals surface area contributed by atoms with Crippen molar-refractivity contribution in [2.24, 2.45) is 5.73 Å². The minimum atomic E-state index is -0.214. The second kappa shape index (κ2) is 5.84. The Kier molecular flexibility index (Phi) is 4.40. The third kappa shape index (κ3) is 2.92. The van der Waals surface area contributed by atoms with Crippen molar-refractivity contribution in [3.05, 3.63) is 39.3 Å². The normalized spacial score (nSPS) is 13.2. The van der Waals surface area contributed by atoms with Crippen LogP contribution < -0.4 is 5.73 Å². The summed E-state index contributed by atoms with van der Waals surface area (Å²) in [6, 6.07) is 1.81. The van der Waals surface area contributed by atoms with E-state index in [4.69, 9.17) is 17.3 Å². The first-order valence-electron chi connectivity index (χ1n) is 5.73. The highest BCUT2D eigenvalue weighted by molar-refractivity contribution is 7.08. The number of hydrogen-bond acceptors (Lipinski definition) is 4. The highest BCUT2D eigenvalue weighted by Crippen LogP contribution is 2.27. The van der Waals surface area contributed by atoms with Gasteiger partial charge in [0, 0.05) is 6.54 Å². The van der Waals surface area contributed by atoms with Gasteiger partial charge in [0.15, 0.2) is 0 Å². The second-order valence-corrected chi connectivity index (χ2v) is 5.63. The number of halogens is 1. The predicted molar refractivity (Wildman–Crippen MR) is 76.1 cm³/mol. The Balaban J connectivity index is 2.23. The summed E-state index contributed by atoms with van der Waals surface area (Å²) in [6.07, 6.45) is 1.67. The standard InChI is InChI=1S/C12H17ClN4S/c1-16(2)4-5-17-12(10(13)7-15-17)11(14)9-3-6-18-8-9/h3,6-8,11H,4-5,14H2,1-2H3. The van der Waals surface area contributed by atoms with Gasteiger partial charge in [0.2, 0.25) is 0 Å². The number of hydrogen-bond donors (Lipinski definition) is 1. The van der Waals surface area contributed by atoms with Crippen molar-refractivity contribution in [1.82, 2.24) is 14.7 Å². The van der Waals surface area contributed by atoms with Gasteiger partial charge in [0.25, 0.3) is 0 Å². The van der Waals surface area contributed by atoms with Gasteiger partial charge in [-0.05, 0) is 36.5 Å². The molecule has 0 amide bonds. The fourth-order valence-electron chi connectivity index (χ4n) is 1.76. The van der Waals surface area contributed by atoms with E-state index in [1.54, 1.807) is 17.5 Å².